The Morgan fingerprint density at radius 1 is 1.57 bits per heavy atom. The molecule has 4 heteroatoms. The molecular weight excluding hydrogens is 249 g/mol. The van der Waals surface area contributed by atoms with Gasteiger partial charge in [0.2, 0.25) is 0 Å². The van der Waals surface area contributed by atoms with Crippen LogP contribution in [0.3, 0.4) is 0 Å². The Morgan fingerprint density at radius 2 is 2.29 bits per heavy atom. The van der Waals surface area contributed by atoms with Crippen LogP contribution in [0, 0.1) is 5.82 Å². The molecule has 2 nitrogen and oxygen atoms in total. The van der Waals surface area contributed by atoms with Crippen LogP contribution in [-0.4, -0.2) is 19.8 Å². The fraction of sp³-hybridized carbons (Fsp3) is 0.400. The van der Waals surface area contributed by atoms with E-state index in [4.69, 9.17) is 4.74 Å². The monoisotopic (exact) mass is 261 g/mol. The first-order chi connectivity index (χ1) is 6.63. The van der Waals surface area contributed by atoms with Crippen LogP contribution >= 0.6 is 15.9 Å². The largest absolute Gasteiger partial charge is 0.383 e. The van der Waals surface area contributed by atoms with Crippen molar-refractivity contribution in [3.63, 3.8) is 0 Å². The van der Waals surface area contributed by atoms with Crippen molar-refractivity contribution in [3.05, 3.63) is 28.5 Å². The molecule has 1 atom stereocenters. The fourth-order valence-electron chi connectivity index (χ4n) is 1.16. The van der Waals surface area contributed by atoms with E-state index >= 15 is 0 Å². The molecule has 78 valence electrons. The maximum Gasteiger partial charge on any atom is 0.124 e. The average molecular weight is 262 g/mol. The summed E-state index contributed by atoms with van der Waals surface area (Å²) < 4.78 is 18.5. The van der Waals surface area contributed by atoms with Gasteiger partial charge in [-0.05, 0) is 41.1 Å². The Bertz CT molecular complexity index is 306. The van der Waals surface area contributed by atoms with Gasteiger partial charge in [-0.15, -0.1) is 0 Å². The van der Waals surface area contributed by atoms with E-state index in [1.54, 1.807) is 13.2 Å². The molecule has 0 radical (unpaired) electrons. The van der Waals surface area contributed by atoms with E-state index in [0.29, 0.717) is 6.61 Å². The van der Waals surface area contributed by atoms with Crippen molar-refractivity contribution >= 4 is 21.6 Å². The molecule has 0 bridgehead atoms. The van der Waals surface area contributed by atoms with Gasteiger partial charge >= 0.3 is 0 Å². The number of methoxy groups -OCH3 is 1. The maximum atomic E-state index is 12.8. The van der Waals surface area contributed by atoms with Crippen LogP contribution in [0.5, 0.6) is 0 Å². The third kappa shape index (κ3) is 3.27. The van der Waals surface area contributed by atoms with Crippen molar-refractivity contribution in [2.45, 2.75) is 13.0 Å². The average Bonchev–Trinajstić information content (AvgIpc) is 2.10. The van der Waals surface area contributed by atoms with Gasteiger partial charge in [0.1, 0.15) is 5.82 Å². The van der Waals surface area contributed by atoms with Gasteiger partial charge in [-0.1, -0.05) is 0 Å². The highest BCUT2D eigenvalue weighted by Crippen LogP contribution is 2.23. The molecule has 1 rings (SSSR count). The second-order valence-electron chi connectivity index (χ2n) is 3.12. The van der Waals surface area contributed by atoms with Crippen molar-refractivity contribution in [2.75, 3.05) is 19.0 Å². The Balaban J connectivity index is 2.67. The molecule has 0 amide bonds. The number of hydrogen-bond acceptors (Lipinski definition) is 2. The van der Waals surface area contributed by atoms with Crippen molar-refractivity contribution < 1.29 is 9.13 Å². The quantitative estimate of drug-likeness (QED) is 0.900. The number of rotatable bonds is 4. The Kier molecular flexibility index (Phi) is 4.35. The predicted molar refractivity (Wildman–Crippen MR) is 59.1 cm³/mol. The summed E-state index contributed by atoms with van der Waals surface area (Å²) in [6.45, 7) is 2.61. The third-order valence-corrected chi connectivity index (χ3v) is 2.41. The molecule has 0 saturated carbocycles. The molecule has 0 aliphatic rings. The highest BCUT2D eigenvalue weighted by molar-refractivity contribution is 9.10. The van der Waals surface area contributed by atoms with Crippen LogP contribution in [0.15, 0.2) is 22.7 Å². The van der Waals surface area contributed by atoms with E-state index in [2.05, 4.69) is 21.2 Å². The molecule has 0 saturated heterocycles. The lowest BCUT2D eigenvalue weighted by Crippen LogP contribution is -2.20. The molecule has 0 aliphatic carbocycles. The van der Waals surface area contributed by atoms with Crippen molar-refractivity contribution in [1.29, 1.82) is 0 Å². The number of hydrogen-bond donors (Lipinski definition) is 1. The number of anilines is 1. The zero-order valence-electron chi connectivity index (χ0n) is 8.18. The van der Waals surface area contributed by atoms with E-state index in [1.807, 2.05) is 6.92 Å². The lowest BCUT2D eigenvalue weighted by molar-refractivity contribution is 0.190. The normalized spacial score (nSPS) is 12.6. The van der Waals surface area contributed by atoms with Gasteiger partial charge in [0.15, 0.2) is 0 Å². The lowest BCUT2D eigenvalue weighted by Gasteiger charge is -2.15. The van der Waals surface area contributed by atoms with Crippen LogP contribution in [0.4, 0.5) is 10.1 Å². The third-order valence-electron chi connectivity index (χ3n) is 1.75. The van der Waals surface area contributed by atoms with E-state index < -0.39 is 0 Å². The van der Waals surface area contributed by atoms with E-state index in [-0.39, 0.29) is 11.9 Å². The number of halogens is 2. The van der Waals surface area contributed by atoms with Gasteiger partial charge in [0.25, 0.3) is 0 Å². The molecule has 0 aliphatic heterocycles. The molecule has 1 aromatic carbocycles. The second-order valence-corrected chi connectivity index (χ2v) is 3.98. The predicted octanol–water partition coefficient (Wildman–Crippen LogP) is 3.04. The molecule has 0 spiro atoms. The Hall–Kier alpha value is -0.610. The van der Waals surface area contributed by atoms with Crippen molar-refractivity contribution in [1.82, 2.24) is 0 Å². The first-order valence-electron chi connectivity index (χ1n) is 4.34. The van der Waals surface area contributed by atoms with E-state index in [9.17, 15) is 4.39 Å². The zero-order valence-corrected chi connectivity index (χ0v) is 9.77. The smallest absolute Gasteiger partial charge is 0.124 e. The van der Waals surface area contributed by atoms with Crippen LogP contribution in [0.25, 0.3) is 0 Å². The molecule has 1 aromatic rings. The molecule has 0 fully saturated rings. The summed E-state index contributed by atoms with van der Waals surface area (Å²) in [6, 6.07) is 4.75. The SMILES string of the molecule is COCC(C)Nc1ccc(F)cc1Br. The summed E-state index contributed by atoms with van der Waals surface area (Å²) in [7, 11) is 1.65. The highest BCUT2D eigenvalue weighted by atomic mass is 79.9. The number of benzene rings is 1. The summed E-state index contributed by atoms with van der Waals surface area (Å²) >= 11 is 3.28. The van der Waals surface area contributed by atoms with Crippen LogP contribution < -0.4 is 5.32 Å². The van der Waals surface area contributed by atoms with Crippen molar-refractivity contribution in [2.24, 2.45) is 0 Å². The van der Waals surface area contributed by atoms with E-state index in [1.165, 1.54) is 12.1 Å². The highest BCUT2D eigenvalue weighted by Gasteiger charge is 2.05. The van der Waals surface area contributed by atoms with Crippen LogP contribution in [0.1, 0.15) is 6.92 Å². The first kappa shape index (κ1) is 11.5. The van der Waals surface area contributed by atoms with Gasteiger partial charge in [-0.2, -0.15) is 0 Å². The van der Waals surface area contributed by atoms with Gasteiger partial charge in [-0.25, -0.2) is 4.39 Å². The topological polar surface area (TPSA) is 21.3 Å². The standard InChI is InChI=1S/C10H13BrFNO/c1-7(6-14-2)13-10-4-3-8(12)5-9(10)11/h3-5,7,13H,6H2,1-2H3. The summed E-state index contributed by atoms with van der Waals surface area (Å²) in [6.07, 6.45) is 0. The van der Waals surface area contributed by atoms with Gasteiger partial charge < -0.3 is 10.1 Å². The fourth-order valence-corrected chi connectivity index (χ4v) is 1.63. The molecule has 0 heterocycles. The van der Waals surface area contributed by atoms with Crippen LogP contribution in [-0.2, 0) is 4.74 Å². The van der Waals surface area contributed by atoms with E-state index in [0.717, 1.165) is 10.2 Å². The summed E-state index contributed by atoms with van der Waals surface area (Å²) in [5.41, 5.74) is 0.871. The summed E-state index contributed by atoms with van der Waals surface area (Å²) in [5.74, 6) is -0.248. The molecule has 0 aromatic heterocycles. The molecule has 14 heavy (non-hydrogen) atoms. The molecule has 1 N–H and O–H groups in total. The van der Waals surface area contributed by atoms with Gasteiger partial charge in [0.05, 0.1) is 6.61 Å². The van der Waals surface area contributed by atoms with Gasteiger partial charge in [-0.3, -0.25) is 0 Å². The molecule has 1 unspecified atom stereocenters. The lowest BCUT2D eigenvalue weighted by atomic mass is 10.2. The minimum absolute atomic E-state index is 0.196. The summed E-state index contributed by atoms with van der Waals surface area (Å²) in [5, 5.41) is 3.20. The van der Waals surface area contributed by atoms with Crippen LogP contribution in [0.2, 0.25) is 0 Å². The Labute approximate surface area is 91.6 Å². The van der Waals surface area contributed by atoms with Gasteiger partial charge in [0, 0.05) is 23.3 Å². The zero-order chi connectivity index (χ0) is 10.6. The second kappa shape index (κ2) is 5.32. The number of ether oxygens (including phenoxy) is 1. The maximum absolute atomic E-state index is 12.8. The van der Waals surface area contributed by atoms with Crippen molar-refractivity contribution in [3.8, 4) is 0 Å². The molecular formula is C10H13BrFNO. The Morgan fingerprint density at radius 3 is 2.86 bits per heavy atom. The minimum atomic E-state index is -0.248. The minimum Gasteiger partial charge on any atom is -0.383 e. The number of nitrogens with one attached hydrogen (secondary N) is 1. The first-order valence-corrected chi connectivity index (χ1v) is 5.13. The summed E-state index contributed by atoms with van der Waals surface area (Å²) in [4.78, 5) is 0.